The molecule has 1 saturated heterocycles. The van der Waals surface area contributed by atoms with Crippen molar-refractivity contribution >= 4 is 20.7 Å². The minimum Gasteiger partial charge on any atom is -0.347 e. The van der Waals surface area contributed by atoms with Crippen LogP contribution in [-0.4, -0.2) is 19.5 Å². The highest BCUT2D eigenvalue weighted by atomic mass is 32.2. The van der Waals surface area contributed by atoms with Crippen molar-refractivity contribution in [3.8, 4) is 0 Å². The molecule has 1 N–H and O–H groups in total. The quantitative estimate of drug-likeness (QED) is 0.748. The third-order valence-electron chi connectivity index (χ3n) is 6.01. The average molecular weight is 366 g/mol. The molecule has 3 heterocycles. The number of nitrogens with zero attached hydrogens (tertiary/aromatic N) is 1. The molecule has 0 radical (unpaired) electrons. The van der Waals surface area contributed by atoms with Gasteiger partial charge < -0.3 is 9.88 Å². The number of fused-ring (bicyclic) bond motifs is 4. The third kappa shape index (κ3) is 2.20. The SMILES string of the molecule is Cn1c2c(c3ccc(S(=O)(=O)c4ccccc4)cc31)C1CCCC2CN1. The Kier molecular flexibility index (Phi) is 3.52. The highest BCUT2D eigenvalue weighted by molar-refractivity contribution is 7.91. The third-order valence-corrected chi connectivity index (χ3v) is 7.78. The maximum absolute atomic E-state index is 13.0. The zero-order chi connectivity index (χ0) is 17.9. The summed E-state index contributed by atoms with van der Waals surface area (Å²) in [5, 5.41) is 4.87. The summed E-state index contributed by atoms with van der Waals surface area (Å²) in [4.78, 5) is 0.712. The van der Waals surface area contributed by atoms with Gasteiger partial charge in [0.05, 0.1) is 9.79 Å². The molecule has 1 aliphatic carbocycles. The second-order valence-electron chi connectivity index (χ2n) is 7.44. The summed E-state index contributed by atoms with van der Waals surface area (Å²) in [6.45, 7) is 1.02. The van der Waals surface area contributed by atoms with Crippen LogP contribution < -0.4 is 5.32 Å². The van der Waals surface area contributed by atoms with Gasteiger partial charge in [-0.05, 0) is 42.7 Å². The van der Waals surface area contributed by atoms with Gasteiger partial charge in [-0.3, -0.25) is 0 Å². The average Bonchev–Trinajstić information content (AvgIpc) is 2.85. The first-order valence-corrected chi connectivity index (χ1v) is 10.7. The molecule has 0 saturated carbocycles. The highest BCUT2D eigenvalue weighted by Crippen LogP contribution is 2.44. The lowest BCUT2D eigenvalue weighted by molar-refractivity contribution is 0.480. The summed E-state index contributed by atoms with van der Waals surface area (Å²) in [7, 11) is -1.41. The molecule has 3 aliphatic rings. The van der Waals surface area contributed by atoms with Crippen LogP contribution in [0.2, 0.25) is 0 Å². The Balaban J connectivity index is 1.72. The number of nitrogens with one attached hydrogen (secondary N) is 1. The van der Waals surface area contributed by atoms with Crippen LogP contribution in [0.25, 0.3) is 10.9 Å². The van der Waals surface area contributed by atoms with Crippen molar-refractivity contribution < 1.29 is 8.42 Å². The number of aromatic nitrogens is 1. The molecule has 26 heavy (non-hydrogen) atoms. The molecule has 134 valence electrons. The highest BCUT2D eigenvalue weighted by Gasteiger charge is 2.35. The van der Waals surface area contributed by atoms with Gasteiger partial charge in [-0.1, -0.05) is 30.7 Å². The van der Waals surface area contributed by atoms with Gasteiger partial charge in [-0.2, -0.15) is 0 Å². The number of aryl methyl sites for hydroxylation is 1. The molecule has 4 nitrogen and oxygen atoms in total. The molecule has 3 aromatic rings. The number of rotatable bonds is 2. The van der Waals surface area contributed by atoms with Crippen molar-refractivity contribution in [2.75, 3.05) is 6.54 Å². The molecule has 2 bridgehead atoms. The first kappa shape index (κ1) is 16.1. The van der Waals surface area contributed by atoms with Crippen LogP contribution in [-0.2, 0) is 16.9 Å². The van der Waals surface area contributed by atoms with Gasteiger partial charge in [0, 0.05) is 42.1 Å². The fourth-order valence-electron chi connectivity index (χ4n) is 4.76. The minimum absolute atomic E-state index is 0.344. The van der Waals surface area contributed by atoms with Gasteiger partial charge in [0.2, 0.25) is 9.84 Å². The lowest BCUT2D eigenvalue weighted by Crippen LogP contribution is -2.30. The lowest BCUT2D eigenvalue weighted by atomic mass is 9.93. The largest absolute Gasteiger partial charge is 0.347 e. The summed E-state index contributed by atoms with van der Waals surface area (Å²) >= 11 is 0. The molecule has 5 heteroatoms. The van der Waals surface area contributed by atoms with E-state index in [0.717, 1.165) is 18.5 Å². The van der Waals surface area contributed by atoms with E-state index in [9.17, 15) is 8.42 Å². The van der Waals surface area contributed by atoms with E-state index in [1.54, 1.807) is 30.3 Å². The molecule has 2 aliphatic heterocycles. The fourth-order valence-corrected chi connectivity index (χ4v) is 6.07. The normalized spacial score (nSPS) is 22.3. The standard InChI is InChI=1S/C21H22N2O2S/c1-23-19-12-16(26(24,25)15-7-3-2-4-8-15)10-11-17(19)20-18-9-5-6-14(13-22-18)21(20)23/h2-4,7-8,10-12,14,18,22H,5-6,9,13H2,1H3. The van der Waals surface area contributed by atoms with E-state index in [0.29, 0.717) is 21.8 Å². The van der Waals surface area contributed by atoms with E-state index in [2.05, 4.69) is 16.9 Å². The molecular weight excluding hydrogens is 344 g/mol. The van der Waals surface area contributed by atoms with Crippen LogP contribution in [0, 0.1) is 0 Å². The number of hydrogen-bond acceptors (Lipinski definition) is 3. The van der Waals surface area contributed by atoms with Crippen molar-refractivity contribution in [3.63, 3.8) is 0 Å². The Morgan fingerprint density at radius 1 is 1.04 bits per heavy atom. The Labute approximate surface area is 153 Å². The van der Waals surface area contributed by atoms with Crippen molar-refractivity contribution in [3.05, 3.63) is 59.8 Å². The zero-order valence-corrected chi connectivity index (χ0v) is 15.6. The van der Waals surface area contributed by atoms with Gasteiger partial charge >= 0.3 is 0 Å². The molecule has 1 aromatic heterocycles. The summed E-state index contributed by atoms with van der Waals surface area (Å²) in [5.74, 6) is 0.523. The Morgan fingerprint density at radius 2 is 1.85 bits per heavy atom. The zero-order valence-electron chi connectivity index (χ0n) is 14.8. The van der Waals surface area contributed by atoms with Crippen LogP contribution in [0.1, 0.15) is 42.5 Å². The van der Waals surface area contributed by atoms with Crippen LogP contribution >= 0.6 is 0 Å². The number of benzene rings is 2. The van der Waals surface area contributed by atoms with Crippen molar-refractivity contribution in [2.45, 2.75) is 41.0 Å². The van der Waals surface area contributed by atoms with Crippen LogP contribution in [0.4, 0.5) is 0 Å². The predicted octanol–water partition coefficient (Wildman–Crippen LogP) is 3.92. The number of hydrogen-bond donors (Lipinski definition) is 1. The Morgan fingerprint density at radius 3 is 2.65 bits per heavy atom. The fraction of sp³-hybridized carbons (Fsp3) is 0.333. The van der Waals surface area contributed by atoms with Gasteiger partial charge in [-0.25, -0.2) is 8.42 Å². The molecular formula is C21H22N2O2S. The Bertz CT molecular complexity index is 1100. The van der Waals surface area contributed by atoms with E-state index in [1.165, 1.54) is 29.5 Å². The molecule has 0 amide bonds. The van der Waals surface area contributed by atoms with E-state index in [4.69, 9.17) is 0 Å². The van der Waals surface area contributed by atoms with Gasteiger partial charge in [0.1, 0.15) is 0 Å². The lowest BCUT2D eigenvalue weighted by Gasteiger charge is -2.27. The van der Waals surface area contributed by atoms with E-state index in [-0.39, 0.29) is 0 Å². The number of sulfone groups is 1. The van der Waals surface area contributed by atoms with Gasteiger partial charge in [0.25, 0.3) is 0 Å². The first-order valence-electron chi connectivity index (χ1n) is 9.23. The molecule has 6 rings (SSSR count). The molecule has 2 aromatic carbocycles. The van der Waals surface area contributed by atoms with Gasteiger partial charge in [0.15, 0.2) is 0 Å². The smallest absolute Gasteiger partial charge is 0.206 e. The summed E-state index contributed by atoms with van der Waals surface area (Å²) in [6, 6.07) is 14.7. The molecule has 2 atom stereocenters. The summed E-state index contributed by atoms with van der Waals surface area (Å²) in [5.41, 5.74) is 3.81. The van der Waals surface area contributed by atoms with Crippen molar-refractivity contribution in [2.24, 2.45) is 7.05 Å². The van der Waals surface area contributed by atoms with Gasteiger partial charge in [-0.15, -0.1) is 0 Å². The predicted molar refractivity (Wildman–Crippen MR) is 102 cm³/mol. The topological polar surface area (TPSA) is 51.1 Å². The van der Waals surface area contributed by atoms with Crippen LogP contribution in [0.5, 0.6) is 0 Å². The molecule has 2 unspecified atom stereocenters. The molecule has 0 spiro atoms. The maximum Gasteiger partial charge on any atom is 0.206 e. The van der Waals surface area contributed by atoms with Crippen molar-refractivity contribution in [1.82, 2.24) is 9.88 Å². The minimum atomic E-state index is -3.50. The first-order chi connectivity index (χ1) is 12.6. The second-order valence-corrected chi connectivity index (χ2v) is 9.39. The molecule has 1 fully saturated rings. The van der Waals surface area contributed by atoms with E-state index in [1.807, 2.05) is 18.2 Å². The summed E-state index contributed by atoms with van der Waals surface area (Å²) in [6.07, 6.45) is 3.61. The van der Waals surface area contributed by atoms with Crippen LogP contribution in [0.3, 0.4) is 0 Å². The van der Waals surface area contributed by atoms with Crippen molar-refractivity contribution in [1.29, 1.82) is 0 Å². The monoisotopic (exact) mass is 366 g/mol. The van der Waals surface area contributed by atoms with E-state index >= 15 is 0 Å². The maximum atomic E-state index is 13.0. The Hall–Kier alpha value is -2.11. The van der Waals surface area contributed by atoms with E-state index < -0.39 is 9.84 Å². The van der Waals surface area contributed by atoms with Crippen LogP contribution in [0.15, 0.2) is 58.3 Å². The second kappa shape index (κ2) is 5.69. The summed E-state index contributed by atoms with van der Waals surface area (Å²) < 4.78 is 28.2.